The lowest BCUT2D eigenvalue weighted by Gasteiger charge is -2.35. The van der Waals surface area contributed by atoms with Crippen molar-refractivity contribution in [2.75, 3.05) is 54.9 Å². The van der Waals surface area contributed by atoms with Crippen LogP contribution in [0.5, 0.6) is 0 Å². The number of piperazine rings is 1. The van der Waals surface area contributed by atoms with Gasteiger partial charge in [-0.3, -0.25) is 14.5 Å². The maximum Gasteiger partial charge on any atom is 0.238 e. The van der Waals surface area contributed by atoms with Crippen LogP contribution in [0, 0.1) is 11.6 Å². The van der Waals surface area contributed by atoms with Gasteiger partial charge in [-0.25, -0.2) is 8.78 Å². The highest BCUT2D eigenvalue weighted by Crippen LogP contribution is 2.30. The first-order valence-electron chi connectivity index (χ1n) is 9.63. The minimum Gasteiger partial charge on any atom is -0.369 e. The summed E-state index contributed by atoms with van der Waals surface area (Å²) in [5.41, 5.74) is 2.85. The Balaban J connectivity index is 1.31. The number of anilines is 3. The molecule has 2 amide bonds. The summed E-state index contributed by atoms with van der Waals surface area (Å²) in [6.45, 7) is 2.46. The van der Waals surface area contributed by atoms with Gasteiger partial charge in [-0.15, -0.1) is 0 Å². The van der Waals surface area contributed by atoms with E-state index in [4.69, 9.17) is 11.6 Å². The first-order valence-corrected chi connectivity index (χ1v) is 10.0. The third-order valence-corrected chi connectivity index (χ3v) is 5.88. The number of fused-ring (bicyclic) bond motifs is 1. The van der Waals surface area contributed by atoms with Gasteiger partial charge in [-0.1, -0.05) is 17.7 Å². The number of nitrogens with one attached hydrogen (secondary N) is 1. The topological polar surface area (TPSA) is 55.9 Å². The Morgan fingerprint density at radius 3 is 2.43 bits per heavy atom. The molecular formula is C21H21ClF2N4O2. The summed E-state index contributed by atoms with van der Waals surface area (Å²) in [6, 6.07) is 7.91. The van der Waals surface area contributed by atoms with Crippen LogP contribution in [0.15, 0.2) is 30.3 Å². The summed E-state index contributed by atoms with van der Waals surface area (Å²) >= 11 is 5.54. The normalized spacial score (nSPS) is 16.7. The van der Waals surface area contributed by atoms with Crippen LogP contribution in [-0.4, -0.2) is 56.5 Å². The van der Waals surface area contributed by atoms with Gasteiger partial charge in [0.1, 0.15) is 16.7 Å². The summed E-state index contributed by atoms with van der Waals surface area (Å²) in [5, 5.41) is 2.37. The van der Waals surface area contributed by atoms with E-state index in [0.29, 0.717) is 44.0 Å². The van der Waals surface area contributed by atoms with Crippen molar-refractivity contribution in [1.82, 2.24) is 4.90 Å². The number of benzene rings is 2. The van der Waals surface area contributed by atoms with Crippen LogP contribution in [0.2, 0.25) is 5.02 Å². The fourth-order valence-corrected chi connectivity index (χ4v) is 3.92. The quantitative estimate of drug-likeness (QED) is 0.752. The molecule has 9 heteroatoms. The first-order chi connectivity index (χ1) is 14.3. The molecular weight excluding hydrogens is 414 g/mol. The molecule has 2 aliphatic heterocycles. The van der Waals surface area contributed by atoms with Crippen LogP contribution >= 0.6 is 11.6 Å². The van der Waals surface area contributed by atoms with Gasteiger partial charge in [0.25, 0.3) is 0 Å². The molecule has 1 N–H and O–H groups in total. The molecule has 2 heterocycles. The van der Waals surface area contributed by atoms with E-state index in [-0.39, 0.29) is 18.4 Å². The van der Waals surface area contributed by atoms with Crippen LogP contribution in [0.1, 0.15) is 5.56 Å². The van der Waals surface area contributed by atoms with E-state index in [2.05, 4.69) is 5.32 Å². The number of nitrogens with zero attached hydrogens (tertiary/aromatic N) is 3. The number of carbonyl (C=O) groups excluding carboxylic acids is 2. The molecule has 2 aromatic rings. The number of hydrogen-bond donors (Lipinski definition) is 1. The lowest BCUT2D eigenvalue weighted by atomic mass is 10.1. The van der Waals surface area contributed by atoms with Gasteiger partial charge < -0.3 is 15.1 Å². The Kier molecular flexibility index (Phi) is 5.62. The highest BCUT2D eigenvalue weighted by Gasteiger charge is 2.25. The van der Waals surface area contributed by atoms with Gasteiger partial charge in [0, 0.05) is 50.3 Å². The molecule has 0 aliphatic carbocycles. The second-order valence-corrected chi connectivity index (χ2v) is 7.89. The summed E-state index contributed by atoms with van der Waals surface area (Å²) < 4.78 is 27.4. The molecule has 0 radical (unpaired) electrons. The van der Waals surface area contributed by atoms with Crippen molar-refractivity contribution in [1.29, 1.82) is 0 Å². The zero-order valence-corrected chi connectivity index (χ0v) is 17.2. The monoisotopic (exact) mass is 434 g/mol. The van der Waals surface area contributed by atoms with Crippen molar-refractivity contribution in [2.45, 2.75) is 6.42 Å². The van der Waals surface area contributed by atoms with Gasteiger partial charge in [0.05, 0.1) is 13.0 Å². The maximum atomic E-state index is 13.7. The third-order valence-electron chi connectivity index (χ3n) is 5.52. The molecule has 4 rings (SSSR count). The Bertz CT molecular complexity index is 985. The lowest BCUT2D eigenvalue weighted by molar-refractivity contribution is -0.118. The maximum absolute atomic E-state index is 13.7. The number of likely N-dealkylation sites (N-methyl/N-ethyl adjacent to an activating group) is 1. The van der Waals surface area contributed by atoms with Crippen molar-refractivity contribution in [3.63, 3.8) is 0 Å². The molecule has 158 valence electrons. The number of carbonyl (C=O) groups is 2. The zero-order valence-electron chi connectivity index (χ0n) is 16.4. The average molecular weight is 435 g/mol. The largest absolute Gasteiger partial charge is 0.369 e. The fourth-order valence-electron chi connectivity index (χ4n) is 3.81. The minimum atomic E-state index is -0.782. The van der Waals surface area contributed by atoms with Crippen molar-refractivity contribution >= 4 is 40.5 Å². The Hall–Kier alpha value is -2.71. The molecule has 0 bridgehead atoms. The van der Waals surface area contributed by atoms with Crippen LogP contribution in [-0.2, 0) is 16.0 Å². The number of halogens is 3. The zero-order chi connectivity index (χ0) is 21.4. The SMILES string of the molecule is CN1C(=O)Cc2ccc(NC(=O)CN3CCN(c4cc(F)c(Cl)c(F)c4)CC3)cc21. The minimum absolute atomic E-state index is 0.0341. The first kappa shape index (κ1) is 20.6. The third kappa shape index (κ3) is 4.11. The predicted octanol–water partition coefficient (Wildman–Crippen LogP) is 2.90. The molecule has 0 aromatic heterocycles. The molecule has 0 unspecified atom stereocenters. The van der Waals surface area contributed by atoms with Gasteiger partial charge in [0.2, 0.25) is 11.8 Å². The van der Waals surface area contributed by atoms with E-state index in [9.17, 15) is 18.4 Å². The highest BCUT2D eigenvalue weighted by atomic mass is 35.5. The van der Waals surface area contributed by atoms with E-state index >= 15 is 0 Å². The van der Waals surface area contributed by atoms with Crippen molar-refractivity contribution < 1.29 is 18.4 Å². The number of hydrogen-bond acceptors (Lipinski definition) is 4. The van der Waals surface area contributed by atoms with Gasteiger partial charge in [-0.05, 0) is 29.8 Å². The van der Waals surface area contributed by atoms with Gasteiger partial charge >= 0.3 is 0 Å². The Morgan fingerprint density at radius 1 is 1.10 bits per heavy atom. The molecule has 1 fully saturated rings. The fraction of sp³-hybridized carbons (Fsp3) is 0.333. The molecule has 2 aliphatic rings. The molecule has 2 aromatic carbocycles. The molecule has 6 nitrogen and oxygen atoms in total. The van der Waals surface area contributed by atoms with E-state index in [0.717, 1.165) is 11.3 Å². The number of rotatable bonds is 4. The highest BCUT2D eigenvalue weighted by molar-refractivity contribution is 6.31. The van der Waals surface area contributed by atoms with Crippen molar-refractivity contribution in [2.24, 2.45) is 0 Å². The van der Waals surface area contributed by atoms with E-state index in [1.165, 1.54) is 12.1 Å². The lowest BCUT2D eigenvalue weighted by Crippen LogP contribution is -2.48. The van der Waals surface area contributed by atoms with Crippen molar-refractivity contribution in [3.05, 3.63) is 52.6 Å². The molecule has 1 saturated heterocycles. The van der Waals surface area contributed by atoms with Crippen LogP contribution in [0.25, 0.3) is 0 Å². The summed E-state index contributed by atoms with van der Waals surface area (Å²) in [5.74, 6) is -1.68. The molecule has 30 heavy (non-hydrogen) atoms. The second-order valence-electron chi connectivity index (χ2n) is 7.51. The Morgan fingerprint density at radius 2 is 1.77 bits per heavy atom. The molecule has 0 spiro atoms. The molecule has 0 atom stereocenters. The van der Waals surface area contributed by atoms with E-state index < -0.39 is 16.7 Å². The average Bonchev–Trinajstić information content (AvgIpc) is 3.00. The smallest absolute Gasteiger partial charge is 0.238 e. The van der Waals surface area contributed by atoms with Crippen molar-refractivity contribution in [3.8, 4) is 0 Å². The second kappa shape index (κ2) is 8.20. The summed E-state index contributed by atoms with van der Waals surface area (Å²) in [7, 11) is 1.72. The van der Waals surface area contributed by atoms with E-state index in [1.807, 2.05) is 15.9 Å². The molecule has 0 saturated carbocycles. The van der Waals surface area contributed by atoms with Crippen LogP contribution < -0.4 is 15.1 Å². The predicted molar refractivity (Wildman–Crippen MR) is 112 cm³/mol. The standard InChI is InChI=1S/C21H21ClF2N4O2/c1-26-18-9-14(3-2-13(18)8-20(26)30)25-19(29)12-27-4-6-28(7-5-27)15-10-16(23)21(22)17(24)11-15/h2-3,9-11H,4-8,12H2,1H3,(H,25,29). The van der Waals surface area contributed by atoms with Crippen LogP contribution in [0.4, 0.5) is 25.8 Å². The van der Waals surface area contributed by atoms with Crippen LogP contribution in [0.3, 0.4) is 0 Å². The summed E-state index contributed by atoms with van der Waals surface area (Å²) in [4.78, 5) is 29.7. The summed E-state index contributed by atoms with van der Waals surface area (Å²) in [6.07, 6.45) is 0.381. The van der Waals surface area contributed by atoms with E-state index in [1.54, 1.807) is 24.1 Å². The Labute approximate surface area is 178 Å². The van der Waals surface area contributed by atoms with Gasteiger partial charge in [-0.2, -0.15) is 0 Å². The number of amides is 2. The van der Waals surface area contributed by atoms with Gasteiger partial charge in [0.15, 0.2) is 0 Å².